The van der Waals surface area contributed by atoms with Gasteiger partial charge in [0.15, 0.2) is 0 Å². The molecule has 0 aliphatic rings. The molecule has 0 spiro atoms. The average Bonchev–Trinajstić information content (AvgIpc) is 2.36. The highest BCUT2D eigenvalue weighted by atomic mass is 16.5. The Morgan fingerprint density at radius 2 is 2.12 bits per heavy atom. The third-order valence-corrected chi connectivity index (χ3v) is 2.33. The topological polar surface area (TPSA) is 39.2 Å². The molecular weight excluding hydrogens is 214 g/mol. The third-order valence-electron chi connectivity index (χ3n) is 2.33. The Kier molecular flexibility index (Phi) is 3.50. The lowest BCUT2D eigenvalue weighted by Gasteiger charge is -1.98. The van der Waals surface area contributed by atoms with Crippen molar-refractivity contribution in [3.8, 4) is 0 Å². The third kappa shape index (κ3) is 2.91. The lowest BCUT2D eigenvalue weighted by atomic mass is 10.1. The van der Waals surface area contributed by atoms with Gasteiger partial charge in [-0.2, -0.15) is 0 Å². The van der Waals surface area contributed by atoms with E-state index in [2.05, 4.69) is 4.98 Å². The Balaban J connectivity index is 2.22. The minimum absolute atomic E-state index is 0.345. The highest BCUT2D eigenvalue weighted by molar-refractivity contribution is 5.88. The van der Waals surface area contributed by atoms with Gasteiger partial charge < -0.3 is 4.74 Å². The van der Waals surface area contributed by atoms with Crippen molar-refractivity contribution in [3.05, 3.63) is 48.3 Å². The lowest BCUT2D eigenvalue weighted by molar-refractivity contribution is -0.137. The Morgan fingerprint density at radius 3 is 2.88 bits per heavy atom. The molecule has 17 heavy (non-hydrogen) atoms. The van der Waals surface area contributed by atoms with Crippen LogP contribution in [0.3, 0.4) is 0 Å². The molecule has 1 aromatic heterocycles. The Morgan fingerprint density at radius 1 is 1.35 bits per heavy atom. The molecule has 1 aromatic carbocycles. The molecule has 0 unspecified atom stereocenters. The van der Waals surface area contributed by atoms with Crippen LogP contribution in [0.15, 0.2) is 42.6 Å². The maximum absolute atomic E-state index is 11.1. The van der Waals surface area contributed by atoms with Crippen molar-refractivity contribution < 1.29 is 9.53 Å². The number of benzene rings is 1. The van der Waals surface area contributed by atoms with Crippen LogP contribution in [0.4, 0.5) is 0 Å². The Hall–Kier alpha value is -2.16. The predicted molar refractivity (Wildman–Crippen MR) is 67.4 cm³/mol. The highest BCUT2D eigenvalue weighted by Gasteiger charge is 1.96. The van der Waals surface area contributed by atoms with Gasteiger partial charge in [0.25, 0.3) is 0 Å². The first-order valence-corrected chi connectivity index (χ1v) is 5.49. The average molecular weight is 227 g/mol. The van der Waals surface area contributed by atoms with Crippen LogP contribution in [0.25, 0.3) is 16.8 Å². The van der Waals surface area contributed by atoms with Crippen LogP contribution in [0.2, 0.25) is 0 Å². The van der Waals surface area contributed by atoms with Gasteiger partial charge in [0.2, 0.25) is 0 Å². The number of hydrogen-bond donors (Lipinski definition) is 0. The Labute approximate surface area is 99.7 Å². The standard InChI is InChI=1S/C14H13NO2/c1-2-17-14(16)8-7-13-9-11-5-3-4-6-12(11)10-15-13/h3-10H,2H2,1H3. The van der Waals surface area contributed by atoms with Crippen LogP contribution in [0.1, 0.15) is 12.6 Å². The lowest BCUT2D eigenvalue weighted by Crippen LogP contribution is -1.98. The summed E-state index contributed by atoms with van der Waals surface area (Å²) in [6, 6.07) is 9.89. The summed E-state index contributed by atoms with van der Waals surface area (Å²) in [4.78, 5) is 15.4. The first-order chi connectivity index (χ1) is 8.29. The highest BCUT2D eigenvalue weighted by Crippen LogP contribution is 2.13. The number of nitrogens with zero attached hydrogens (tertiary/aromatic N) is 1. The van der Waals surface area contributed by atoms with Gasteiger partial charge in [-0.3, -0.25) is 4.98 Å². The summed E-state index contributed by atoms with van der Waals surface area (Å²) >= 11 is 0. The predicted octanol–water partition coefficient (Wildman–Crippen LogP) is 2.81. The van der Waals surface area contributed by atoms with Crippen LogP contribution in [0, 0.1) is 0 Å². The second kappa shape index (κ2) is 5.25. The largest absolute Gasteiger partial charge is 0.463 e. The van der Waals surface area contributed by atoms with Gasteiger partial charge >= 0.3 is 5.97 Å². The summed E-state index contributed by atoms with van der Waals surface area (Å²) in [7, 11) is 0. The molecular formula is C14H13NO2. The number of rotatable bonds is 3. The first-order valence-electron chi connectivity index (χ1n) is 5.49. The van der Waals surface area contributed by atoms with E-state index in [1.54, 1.807) is 19.2 Å². The van der Waals surface area contributed by atoms with Crippen molar-refractivity contribution >= 4 is 22.8 Å². The molecule has 2 aromatic rings. The number of ether oxygens (including phenoxy) is 1. The van der Waals surface area contributed by atoms with Gasteiger partial charge in [-0.15, -0.1) is 0 Å². The van der Waals surface area contributed by atoms with Crippen molar-refractivity contribution in [2.24, 2.45) is 0 Å². The number of hydrogen-bond acceptors (Lipinski definition) is 3. The fourth-order valence-corrected chi connectivity index (χ4v) is 1.54. The number of carbonyl (C=O) groups is 1. The van der Waals surface area contributed by atoms with E-state index in [1.165, 1.54) is 6.08 Å². The normalized spacial score (nSPS) is 10.9. The van der Waals surface area contributed by atoms with Crippen LogP contribution < -0.4 is 0 Å². The van der Waals surface area contributed by atoms with E-state index in [0.717, 1.165) is 16.5 Å². The molecule has 3 heteroatoms. The fraction of sp³-hybridized carbons (Fsp3) is 0.143. The van der Waals surface area contributed by atoms with Crippen molar-refractivity contribution in [2.45, 2.75) is 6.92 Å². The van der Waals surface area contributed by atoms with Crippen molar-refractivity contribution in [3.63, 3.8) is 0 Å². The van der Waals surface area contributed by atoms with E-state index >= 15 is 0 Å². The van der Waals surface area contributed by atoms with Crippen molar-refractivity contribution in [2.75, 3.05) is 6.61 Å². The summed E-state index contributed by atoms with van der Waals surface area (Å²) < 4.78 is 4.80. The second-order valence-electron chi connectivity index (χ2n) is 3.54. The van der Waals surface area contributed by atoms with E-state index in [0.29, 0.717) is 6.61 Å². The summed E-state index contributed by atoms with van der Waals surface area (Å²) in [5.41, 5.74) is 0.747. The quantitative estimate of drug-likeness (QED) is 0.598. The molecule has 0 aliphatic heterocycles. The molecule has 0 radical (unpaired) electrons. The molecule has 0 bridgehead atoms. The van der Waals surface area contributed by atoms with E-state index in [9.17, 15) is 4.79 Å². The smallest absolute Gasteiger partial charge is 0.330 e. The SMILES string of the molecule is CCOC(=O)C=Cc1cc2ccccc2cn1. The van der Waals surface area contributed by atoms with Crippen LogP contribution in [-0.2, 0) is 9.53 Å². The molecule has 3 nitrogen and oxygen atoms in total. The van der Waals surface area contributed by atoms with Gasteiger partial charge in [0, 0.05) is 17.7 Å². The minimum Gasteiger partial charge on any atom is -0.463 e. The van der Waals surface area contributed by atoms with Crippen LogP contribution >= 0.6 is 0 Å². The summed E-state index contributed by atoms with van der Waals surface area (Å²) in [5, 5.41) is 2.19. The van der Waals surface area contributed by atoms with E-state index in [4.69, 9.17) is 4.74 Å². The van der Waals surface area contributed by atoms with Gasteiger partial charge in [-0.25, -0.2) is 4.79 Å². The first kappa shape index (κ1) is 11.3. The molecule has 0 atom stereocenters. The van der Waals surface area contributed by atoms with Gasteiger partial charge in [0.1, 0.15) is 0 Å². The fourth-order valence-electron chi connectivity index (χ4n) is 1.54. The molecule has 0 N–H and O–H groups in total. The number of carbonyl (C=O) groups excluding carboxylic acids is 1. The van der Waals surface area contributed by atoms with Crippen molar-refractivity contribution in [1.82, 2.24) is 4.98 Å². The minimum atomic E-state index is -0.345. The summed E-state index contributed by atoms with van der Waals surface area (Å²) in [6.07, 6.45) is 4.84. The maximum atomic E-state index is 11.1. The van der Waals surface area contributed by atoms with E-state index in [1.807, 2.05) is 30.3 Å². The zero-order valence-corrected chi connectivity index (χ0v) is 9.59. The molecule has 0 amide bonds. The maximum Gasteiger partial charge on any atom is 0.330 e. The van der Waals surface area contributed by atoms with E-state index < -0.39 is 0 Å². The van der Waals surface area contributed by atoms with Gasteiger partial charge in [0.05, 0.1) is 12.3 Å². The number of esters is 1. The zero-order valence-electron chi connectivity index (χ0n) is 9.59. The molecule has 0 saturated heterocycles. The molecule has 0 aliphatic carbocycles. The summed E-state index contributed by atoms with van der Waals surface area (Å²) in [5.74, 6) is -0.345. The zero-order chi connectivity index (χ0) is 12.1. The van der Waals surface area contributed by atoms with Crippen LogP contribution in [-0.4, -0.2) is 17.6 Å². The molecule has 1 heterocycles. The molecule has 0 saturated carbocycles. The second-order valence-corrected chi connectivity index (χ2v) is 3.54. The van der Waals surface area contributed by atoms with E-state index in [-0.39, 0.29) is 5.97 Å². The monoisotopic (exact) mass is 227 g/mol. The van der Waals surface area contributed by atoms with Crippen molar-refractivity contribution in [1.29, 1.82) is 0 Å². The Bertz CT molecular complexity index is 561. The number of pyridine rings is 1. The summed E-state index contributed by atoms with van der Waals surface area (Å²) in [6.45, 7) is 2.16. The number of fused-ring (bicyclic) bond motifs is 1. The van der Waals surface area contributed by atoms with Gasteiger partial charge in [-0.1, -0.05) is 24.3 Å². The molecule has 86 valence electrons. The molecule has 2 rings (SSSR count). The van der Waals surface area contributed by atoms with Gasteiger partial charge in [-0.05, 0) is 24.5 Å². The molecule has 0 fully saturated rings. The van der Waals surface area contributed by atoms with Crippen LogP contribution in [0.5, 0.6) is 0 Å². The number of aromatic nitrogens is 1.